The molecular formula is C14H20N2OS. The maximum Gasteiger partial charge on any atom is 0.119 e. The largest absolute Gasteiger partial charge is 0.492 e. The molecule has 1 aromatic carbocycles. The Labute approximate surface area is 114 Å². The Kier molecular flexibility index (Phi) is 4.96. The monoisotopic (exact) mass is 264 g/mol. The average Bonchev–Trinajstić information content (AvgIpc) is 2.92. The number of likely N-dealkylation sites (tertiary alicyclic amines) is 1. The van der Waals surface area contributed by atoms with Gasteiger partial charge in [-0.25, -0.2) is 0 Å². The Morgan fingerprint density at radius 1 is 1.33 bits per heavy atom. The van der Waals surface area contributed by atoms with Crippen molar-refractivity contribution in [1.29, 1.82) is 0 Å². The van der Waals surface area contributed by atoms with Crippen LogP contribution in [0.15, 0.2) is 24.3 Å². The van der Waals surface area contributed by atoms with Crippen molar-refractivity contribution < 1.29 is 4.74 Å². The molecule has 0 unspecified atom stereocenters. The topological polar surface area (TPSA) is 24.5 Å². The van der Waals surface area contributed by atoms with Crippen molar-refractivity contribution in [1.82, 2.24) is 4.90 Å². The summed E-state index contributed by atoms with van der Waals surface area (Å²) < 4.78 is 5.81. The lowest BCUT2D eigenvalue weighted by Crippen LogP contribution is -2.34. The van der Waals surface area contributed by atoms with Crippen LogP contribution in [0, 0.1) is 0 Å². The molecule has 0 saturated carbocycles. The number of thiocarbonyl (C=S) groups is 1. The van der Waals surface area contributed by atoms with Crippen LogP contribution in [-0.2, 0) is 0 Å². The Hall–Kier alpha value is -1.13. The van der Waals surface area contributed by atoms with E-state index in [0.29, 0.717) is 6.04 Å². The van der Waals surface area contributed by atoms with Crippen LogP contribution in [0.5, 0.6) is 5.75 Å². The van der Waals surface area contributed by atoms with Crippen LogP contribution in [0.1, 0.15) is 19.8 Å². The van der Waals surface area contributed by atoms with Crippen LogP contribution in [0.4, 0.5) is 5.69 Å². The molecule has 4 heteroatoms. The number of nitrogens with zero attached hydrogens (tertiary/aromatic N) is 1. The molecule has 1 heterocycles. The van der Waals surface area contributed by atoms with Crippen molar-refractivity contribution in [3.8, 4) is 5.75 Å². The first-order valence-corrected chi connectivity index (χ1v) is 6.94. The summed E-state index contributed by atoms with van der Waals surface area (Å²) >= 11 is 4.74. The van der Waals surface area contributed by atoms with Crippen molar-refractivity contribution in [2.24, 2.45) is 0 Å². The van der Waals surface area contributed by atoms with E-state index in [0.717, 1.165) is 18.0 Å². The Morgan fingerprint density at radius 3 is 2.61 bits per heavy atom. The number of benzene rings is 1. The summed E-state index contributed by atoms with van der Waals surface area (Å²) in [5.74, 6) is 0.913. The first kappa shape index (κ1) is 13.3. The lowest BCUT2D eigenvalue weighted by atomic mass is 10.3. The van der Waals surface area contributed by atoms with Crippen LogP contribution in [-0.4, -0.2) is 36.1 Å². The van der Waals surface area contributed by atoms with Crippen LogP contribution in [0.25, 0.3) is 0 Å². The van der Waals surface area contributed by atoms with Crippen LogP contribution < -0.4 is 10.1 Å². The number of nitrogens with one attached hydrogen (secondary N) is 1. The van der Waals surface area contributed by atoms with Crippen molar-refractivity contribution >= 4 is 23.4 Å². The van der Waals surface area contributed by atoms with E-state index in [4.69, 9.17) is 17.0 Å². The molecule has 3 nitrogen and oxygen atoms in total. The zero-order chi connectivity index (χ0) is 12.8. The van der Waals surface area contributed by atoms with Crippen molar-refractivity contribution in [2.45, 2.75) is 25.8 Å². The van der Waals surface area contributed by atoms with Crippen LogP contribution in [0.3, 0.4) is 0 Å². The van der Waals surface area contributed by atoms with E-state index in [9.17, 15) is 0 Å². The van der Waals surface area contributed by atoms with Gasteiger partial charge in [0.2, 0.25) is 0 Å². The molecule has 1 saturated heterocycles. The summed E-state index contributed by atoms with van der Waals surface area (Å²) in [6.07, 6.45) is 2.64. The zero-order valence-corrected chi connectivity index (χ0v) is 11.6. The molecule has 18 heavy (non-hydrogen) atoms. The lowest BCUT2D eigenvalue weighted by Gasteiger charge is -2.23. The highest BCUT2D eigenvalue weighted by Gasteiger charge is 2.18. The molecule has 0 aromatic heterocycles. The molecular weight excluding hydrogens is 244 g/mol. The third-order valence-corrected chi connectivity index (χ3v) is 3.45. The number of hydrogen-bond acceptors (Lipinski definition) is 3. The van der Waals surface area contributed by atoms with E-state index >= 15 is 0 Å². The molecule has 1 aromatic rings. The van der Waals surface area contributed by atoms with Gasteiger partial charge < -0.3 is 10.1 Å². The summed E-state index contributed by atoms with van der Waals surface area (Å²) in [5, 5.41) is 2.97. The second-order valence-electron chi connectivity index (χ2n) is 4.69. The number of rotatable bonds is 6. The van der Waals surface area contributed by atoms with Crippen molar-refractivity contribution in [2.75, 3.05) is 25.0 Å². The van der Waals surface area contributed by atoms with E-state index in [1.165, 1.54) is 31.4 Å². The molecule has 1 fully saturated rings. The quantitative estimate of drug-likeness (QED) is 0.799. The molecule has 1 N–H and O–H groups in total. The first-order chi connectivity index (χ1) is 8.79. The third-order valence-electron chi connectivity index (χ3n) is 3.34. The predicted molar refractivity (Wildman–Crippen MR) is 79.5 cm³/mol. The maximum atomic E-state index is 5.81. The summed E-state index contributed by atoms with van der Waals surface area (Å²) in [4.78, 5) is 2.49. The number of anilines is 1. The van der Waals surface area contributed by atoms with Crippen molar-refractivity contribution in [3.63, 3.8) is 0 Å². The Balaban J connectivity index is 1.80. The normalized spacial score (nSPS) is 17.4. The molecule has 1 aliphatic rings. The average molecular weight is 264 g/mol. The van der Waals surface area contributed by atoms with Gasteiger partial charge in [0.15, 0.2) is 0 Å². The summed E-state index contributed by atoms with van der Waals surface area (Å²) in [6, 6.07) is 8.37. The smallest absolute Gasteiger partial charge is 0.119 e. The van der Waals surface area contributed by atoms with Gasteiger partial charge in [-0.3, -0.25) is 4.90 Å². The minimum Gasteiger partial charge on any atom is -0.492 e. The van der Waals surface area contributed by atoms with Gasteiger partial charge in [-0.05, 0) is 57.1 Å². The highest BCUT2D eigenvalue weighted by atomic mass is 32.1. The molecule has 0 aliphatic carbocycles. The maximum absolute atomic E-state index is 5.81. The van der Waals surface area contributed by atoms with Gasteiger partial charge in [0, 0.05) is 11.7 Å². The van der Waals surface area contributed by atoms with Gasteiger partial charge in [-0.1, -0.05) is 12.2 Å². The molecule has 2 rings (SSSR count). The van der Waals surface area contributed by atoms with Crippen LogP contribution >= 0.6 is 12.2 Å². The van der Waals surface area contributed by atoms with Gasteiger partial charge in [0.25, 0.3) is 0 Å². The Bertz CT molecular complexity index is 374. The second kappa shape index (κ2) is 6.71. The number of hydrogen-bond donors (Lipinski definition) is 1. The fourth-order valence-corrected chi connectivity index (χ4v) is 2.36. The first-order valence-electron chi connectivity index (χ1n) is 6.46. The van der Waals surface area contributed by atoms with Crippen molar-refractivity contribution in [3.05, 3.63) is 24.3 Å². The van der Waals surface area contributed by atoms with E-state index in [2.05, 4.69) is 17.1 Å². The van der Waals surface area contributed by atoms with Gasteiger partial charge in [0.05, 0.1) is 5.49 Å². The number of ether oxygens (including phenoxy) is 1. The van der Waals surface area contributed by atoms with Gasteiger partial charge in [-0.2, -0.15) is 0 Å². The fraction of sp³-hybridized carbons (Fsp3) is 0.500. The fourth-order valence-electron chi connectivity index (χ4n) is 2.22. The van der Waals surface area contributed by atoms with Gasteiger partial charge in [-0.15, -0.1) is 0 Å². The SMILES string of the molecule is C[C@H](COc1ccc(NC=S)cc1)N1CCCC1. The molecule has 0 radical (unpaired) electrons. The second-order valence-corrected chi connectivity index (χ2v) is 4.93. The third kappa shape index (κ3) is 3.68. The minimum absolute atomic E-state index is 0.492. The molecule has 0 spiro atoms. The summed E-state index contributed by atoms with van der Waals surface area (Å²) in [6.45, 7) is 5.40. The Morgan fingerprint density at radius 2 is 2.00 bits per heavy atom. The van der Waals surface area contributed by atoms with Crippen LogP contribution in [0.2, 0.25) is 0 Å². The lowest BCUT2D eigenvalue weighted by molar-refractivity contribution is 0.172. The van der Waals surface area contributed by atoms with Gasteiger partial charge >= 0.3 is 0 Å². The standard InChI is InChI=1S/C14H20N2OS/c1-12(16-8-2-3-9-16)10-17-14-6-4-13(5-7-14)15-11-18/h4-7,11-12H,2-3,8-10H2,1H3,(H,15,18)/t12-/m1/s1. The zero-order valence-electron chi connectivity index (χ0n) is 10.8. The predicted octanol–water partition coefficient (Wildman–Crippen LogP) is 2.92. The molecule has 0 bridgehead atoms. The molecule has 0 amide bonds. The van der Waals surface area contributed by atoms with E-state index in [1.54, 1.807) is 0 Å². The van der Waals surface area contributed by atoms with E-state index in [-0.39, 0.29) is 0 Å². The highest BCUT2D eigenvalue weighted by molar-refractivity contribution is 7.79. The summed E-state index contributed by atoms with van der Waals surface area (Å²) in [5.41, 5.74) is 2.50. The minimum atomic E-state index is 0.492. The summed E-state index contributed by atoms with van der Waals surface area (Å²) in [7, 11) is 0. The molecule has 1 atom stereocenters. The van der Waals surface area contributed by atoms with E-state index < -0.39 is 0 Å². The highest BCUT2D eigenvalue weighted by Crippen LogP contribution is 2.17. The molecule has 98 valence electrons. The van der Waals surface area contributed by atoms with E-state index in [1.807, 2.05) is 24.3 Å². The molecule has 1 aliphatic heterocycles. The van der Waals surface area contributed by atoms with Gasteiger partial charge in [0.1, 0.15) is 12.4 Å².